The van der Waals surface area contributed by atoms with E-state index >= 15 is 0 Å². The summed E-state index contributed by atoms with van der Waals surface area (Å²) < 4.78 is 44.2. The number of ether oxygens (including phenoxy) is 2. The van der Waals surface area contributed by atoms with Crippen LogP contribution in [0.15, 0.2) is 88.4 Å². The van der Waals surface area contributed by atoms with Gasteiger partial charge in [-0.2, -0.15) is 13.4 Å². The molecule has 0 radical (unpaired) electrons. The first-order chi connectivity index (χ1) is 17.0. The topological polar surface area (TPSA) is 108 Å². The predicted molar refractivity (Wildman–Crippen MR) is 131 cm³/mol. The third-order valence-corrected chi connectivity index (χ3v) is 7.02. The minimum Gasteiger partial charge on any atom is -0.493 e. The second-order valence-corrected chi connectivity index (χ2v) is 9.40. The molecule has 0 spiro atoms. The highest BCUT2D eigenvalue weighted by Gasteiger charge is 2.25. The zero-order chi connectivity index (χ0) is 24.4. The van der Waals surface area contributed by atoms with E-state index in [2.05, 4.69) is 15.4 Å². The first kappa shape index (κ1) is 22.5. The number of anilines is 1. The predicted octanol–water partition coefficient (Wildman–Crippen LogP) is 4.56. The van der Waals surface area contributed by atoms with Gasteiger partial charge in [0.05, 0.1) is 25.4 Å². The average Bonchev–Trinajstić information content (AvgIpc) is 3.57. The van der Waals surface area contributed by atoms with Crippen LogP contribution in [0, 0.1) is 0 Å². The fourth-order valence-electron chi connectivity index (χ4n) is 3.68. The van der Waals surface area contributed by atoms with Crippen molar-refractivity contribution in [1.82, 2.24) is 14.2 Å². The van der Waals surface area contributed by atoms with E-state index in [1.165, 1.54) is 6.26 Å². The van der Waals surface area contributed by atoms with Crippen molar-refractivity contribution in [2.45, 2.75) is 11.4 Å². The Kier molecular flexibility index (Phi) is 5.87. The molecule has 1 N–H and O–H groups in total. The summed E-state index contributed by atoms with van der Waals surface area (Å²) in [5, 5.41) is 9.10. The van der Waals surface area contributed by atoms with E-state index in [0.29, 0.717) is 17.3 Å². The first-order valence-electron chi connectivity index (χ1n) is 10.7. The van der Waals surface area contributed by atoms with Gasteiger partial charge in [-0.05, 0) is 52.7 Å². The fourth-order valence-corrected chi connectivity index (χ4v) is 4.92. The van der Waals surface area contributed by atoms with Gasteiger partial charge in [-0.1, -0.05) is 36.4 Å². The summed E-state index contributed by atoms with van der Waals surface area (Å²) in [6, 6.07) is 21.3. The highest BCUT2D eigenvalue weighted by Crippen LogP contribution is 2.29. The van der Waals surface area contributed by atoms with Gasteiger partial charge in [0.15, 0.2) is 17.3 Å². The van der Waals surface area contributed by atoms with Crippen molar-refractivity contribution < 1.29 is 22.3 Å². The number of nitrogens with zero attached hydrogens (tertiary/aromatic N) is 3. The molecule has 0 aliphatic rings. The van der Waals surface area contributed by atoms with E-state index < -0.39 is 10.0 Å². The zero-order valence-corrected chi connectivity index (χ0v) is 19.8. The van der Waals surface area contributed by atoms with Gasteiger partial charge in [-0.15, -0.1) is 9.19 Å². The lowest BCUT2D eigenvalue weighted by Gasteiger charge is -2.12. The van der Waals surface area contributed by atoms with Gasteiger partial charge >= 0.3 is 0 Å². The van der Waals surface area contributed by atoms with Crippen molar-refractivity contribution in [2.75, 3.05) is 19.5 Å². The molecule has 0 aliphatic carbocycles. The Morgan fingerprint density at radius 1 is 0.914 bits per heavy atom. The molecule has 2 aromatic heterocycles. The van der Waals surface area contributed by atoms with Crippen molar-refractivity contribution in [3.8, 4) is 23.1 Å². The number of hydrogen-bond acceptors (Lipinski definition) is 8. The van der Waals surface area contributed by atoms with E-state index in [1.54, 1.807) is 56.7 Å². The largest absolute Gasteiger partial charge is 0.493 e. The van der Waals surface area contributed by atoms with Crippen LogP contribution in [0.4, 0.5) is 5.95 Å². The maximum Gasteiger partial charge on any atom is 0.286 e. The van der Waals surface area contributed by atoms with Gasteiger partial charge in [0.2, 0.25) is 11.8 Å². The summed E-state index contributed by atoms with van der Waals surface area (Å²) in [6.45, 7) is 0.268. The Morgan fingerprint density at radius 3 is 2.46 bits per heavy atom. The Hall–Kier alpha value is -4.31. The number of methoxy groups -OCH3 is 2. The number of aromatic nitrogens is 3. The number of fused-ring (bicyclic) bond motifs is 1. The van der Waals surface area contributed by atoms with Gasteiger partial charge in [0.1, 0.15) is 0 Å². The van der Waals surface area contributed by atoms with Crippen LogP contribution >= 0.6 is 0 Å². The second kappa shape index (κ2) is 9.15. The smallest absolute Gasteiger partial charge is 0.286 e. The molecule has 9 nitrogen and oxygen atoms in total. The van der Waals surface area contributed by atoms with Crippen LogP contribution in [-0.2, 0) is 16.6 Å². The molecule has 0 saturated carbocycles. The summed E-state index contributed by atoms with van der Waals surface area (Å²) in [6.07, 6.45) is 1.48. The van der Waals surface area contributed by atoms with E-state index in [4.69, 9.17) is 13.9 Å². The summed E-state index contributed by atoms with van der Waals surface area (Å²) in [4.78, 5) is 4.51. The molecule has 3 aromatic carbocycles. The normalized spacial score (nSPS) is 11.5. The summed E-state index contributed by atoms with van der Waals surface area (Å²) in [5.41, 5.74) is 0.833. The Labute approximate surface area is 202 Å². The lowest BCUT2D eigenvalue weighted by Crippen LogP contribution is -2.18. The molecule has 0 aliphatic heterocycles. The van der Waals surface area contributed by atoms with Crippen molar-refractivity contribution in [2.24, 2.45) is 0 Å². The van der Waals surface area contributed by atoms with Gasteiger partial charge in [0, 0.05) is 6.54 Å². The fraction of sp³-hybridized carbons (Fsp3) is 0.120. The first-order valence-corrected chi connectivity index (χ1v) is 12.1. The molecule has 35 heavy (non-hydrogen) atoms. The van der Waals surface area contributed by atoms with Gasteiger partial charge < -0.3 is 19.2 Å². The molecule has 0 atom stereocenters. The second-order valence-electron chi connectivity index (χ2n) is 7.64. The van der Waals surface area contributed by atoms with E-state index in [9.17, 15) is 8.42 Å². The molecule has 0 amide bonds. The van der Waals surface area contributed by atoms with Crippen LogP contribution in [-0.4, -0.2) is 36.8 Å². The number of nitrogens with one attached hydrogen (secondary N) is 1. The van der Waals surface area contributed by atoms with Crippen LogP contribution in [0.2, 0.25) is 0 Å². The monoisotopic (exact) mass is 490 g/mol. The minimum absolute atomic E-state index is 0.0549. The van der Waals surface area contributed by atoms with Crippen LogP contribution in [0.5, 0.6) is 11.5 Å². The molecule has 178 valence electrons. The SMILES string of the molecule is COc1ccc(CNc2nc(-c3ccco3)nn2S(=O)(=O)c2ccc3ccccc3c2)cc1OC. The third-order valence-electron chi connectivity index (χ3n) is 5.47. The molecule has 0 saturated heterocycles. The van der Waals surface area contributed by atoms with Gasteiger partial charge in [-0.25, -0.2) is 0 Å². The Morgan fingerprint density at radius 2 is 1.71 bits per heavy atom. The summed E-state index contributed by atoms with van der Waals surface area (Å²) in [5.74, 6) is 1.71. The number of benzene rings is 3. The number of hydrogen-bond donors (Lipinski definition) is 1. The molecule has 0 bridgehead atoms. The van der Waals surface area contributed by atoms with E-state index in [1.807, 2.05) is 30.3 Å². The highest BCUT2D eigenvalue weighted by molar-refractivity contribution is 7.90. The Bertz CT molecular complexity index is 1590. The van der Waals surface area contributed by atoms with Crippen LogP contribution in [0.1, 0.15) is 5.56 Å². The van der Waals surface area contributed by atoms with Crippen LogP contribution in [0.25, 0.3) is 22.4 Å². The van der Waals surface area contributed by atoms with Crippen molar-refractivity contribution in [3.63, 3.8) is 0 Å². The molecular weight excluding hydrogens is 468 g/mol. The Balaban J connectivity index is 1.53. The summed E-state index contributed by atoms with van der Waals surface area (Å²) >= 11 is 0. The van der Waals surface area contributed by atoms with Gasteiger partial charge in [-0.3, -0.25) is 0 Å². The highest BCUT2D eigenvalue weighted by atomic mass is 32.2. The molecular formula is C25H22N4O5S. The van der Waals surface area contributed by atoms with Gasteiger partial charge in [0.25, 0.3) is 10.0 Å². The van der Waals surface area contributed by atoms with Crippen molar-refractivity contribution >= 4 is 26.7 Å². The lowest BCUT2D eigenvalue weighted by molar-refractivity contribution is 0.354. The maximum absolute atomic E-state index is 13.6. The molecule has 0 fully saturated rings. The molecule has 2 heterocycles. The maximum atomic E-state index is 13.6. The molecule has 10 heteroatoms. The number of furan rings is 1. The zero-order valence-electron chi connectivity index (χ0n) is 19.0. The molecule has 5 rings (SSSR count). The third kappa shape index (κ3) is 4.31. The quantitative estimate of drug-likeness (QED) is 0.337. The van der Waals surface area contributed by atoms with Crippen molar-refractivity contribution in [3.05, 3.63) is 84.6 Å². The number of rotatable bonds is 8. The summed E-state index contributed by atoms with van der Waals surface area (Å²) in [7, 11) is -0.950. The molecule has 5 aromatic rings. The van der Waals surface area contributed by atoms with Crippen LogP contribution < -0.4 is 14.8 Å². The average molecular weight is 491 g/mol. The minimum atomic E-state index is -4.07. The van der Waals surface area contributed by atoms with E-state index in [-0.39, 0.29) is 23.2 Å². The molecule has 0 unspecified atom stereocenters. The van der Waals surface area contributed by atoms with Crippen LogP contribution in [0.3, 0.4) is 0 Å². The van der Waals surface area contributed by atoms with Crippen molar-refractivity contribution in [1.29, 1.82) is 0 Å². The lowest BCUT2D eigenvalue weighted by atomic mass is 10.1. The standard InChI is InChI=1S/C25H22N4O5S/c1-32-21-12-9-17(14-23(21)33-2)16-26-25-27-24(22-8-5-13-34-22)28-29(25)35(30,31)20-11-10-18-6-3-4-7-19(18)15-20/h3-15H,16H2,1-2H3,(H,26,27,28). The van der Waals surface area contributed by atoms with E-state index in [0.717, 1.165) is 20.4 Å².